The Morgan fingerprint density at radius 3 is 2.50 bits per heavy atom. The van der Waals surface area contributed by atoms with E-state index in [2.05, 4.69) is 9.97 Å². The molecule has 5 aromatic rings. The molecule has 0 atom stereocenters. The van der Waals surface area contributed by atoms with Crippen molar-refractivity contribution in [3.05, 3.63) is 113 Å². The van der Waals surface area contributed by atoms with Crippen molar-refractivity contribution in [1.82, 2.24) is 14.5 Å². The van der Waals surface area contributed by atoms with Crippen molar-refractivity contribution in [1.29, 1.82) is 5.26 Å². The Balaban J connectivity index is 1.23. The first-order valence-electron chi connectivity index (χ1n) is 14.1. The van der Waals surface area contributed by atoms with E-state index in [1.165, 1.54) is 24.3 Å². The summed E-state index contributed by atoms with van der Waals surface area (Å²) >= 11 is 0. The van der Waals surface area contributed by atoms with Crippen molar-refractivity contribution in [2.45, 2.75) is 38.8 Å². The molecule has 0 saturated heterocycles. The third-order valence-electron chi connectivity index (χ3n) is 8.16. The number of pyridine rings is 1. The van der Waals surface area contributed by atoms with Crippen LogP contribution in [0.5, 0.6) is 5.88 Å². The lowest BCUT2D eigenvalue weighted by Crippen LogP contribution is -2.12. The molecule has 222 valence electrons. The van der Waals surface area contributed by atoms with Crippen molar-refractivity contribution in [3.8, 4) is 23.2 Å². The molecule has 1 aliphatic carbocycles. The quantitative estimate of drug-likeness (QED) is 0.172. The van der Waals surface area contributed by atoms with Gasteiger partial charge < -0.3 is 14.4 Å². The highest BCUT2D eigenvalue weighted by Crippen LogP contribution is 2.49. The smallest absolute Gasteiger partial charge is 0.335 e. The van der Waals surface area contributed by atoms with Crippen LogP contribution in [0.1, 0.15) is 52.1 Å². The third-order valence-corrected chi connectivity index (χ3v) is 8.16. The van der Waals surface area contributed by atoms with Crippen molar-refractivity contribution in [2.75, 3.05) is 6.67 Å². The van der Waals surface area contributed by atoms with Crippen molar-refractivity contribution < 1.29 is 27.8 Å². The summed E-state index contributed by atoms with van der Waals surface area (Å²) in [4.78, 5) is 20.7. The SMILES string of the molecule is N#Cc1ccc(COc2cccc(-c3ccc(Cc4nc5ccc(C(=O)O)cc5n4CCC4(CF)CC4)c(F)c3)n2)c(F)c1. The van der Waals surface area contributed by atoms with Crippen LogP contribution in [0.3, 0.4) is 0 Å². The minimum absolute atomic E-state index is 0.0945. The van der Waals surface area contributed by atoms with Crippen LogP contribution in [-0.2, 0) is 19.6 Å². The largest absolute Gasteiger partial charge is 0.478 e. The van der Waals surface area contributed by atoms with Crippen LogP contribution in [0.15, 0.2) is 72.8 Å². The molecule has 6 rings (SSSR count). The number of nitriles is 1. The minimum atomic E-state index is -1.06. The van der Waals surface area contributed by atoms with Gasteiger partial charge in [-0.1, -0.05) is 24.3 Å². The molecule has 0 amide bonds. The van der Waals surface area contributed by atoms with Gasteiger partial charge in [0.25, 0.3) is 0 Å². The Kier molecular flexibility index (Phi) is 7.78. The number of fused-ring (bicyclic) bond motifs is 1. The van der Waals surface area contributed by atoms with Gasteiger partial charge in [0, 0.05) is 35.6 Å². The van der Waals surface area contributed by atoms with Crippen LogP contribution in [0.4, 0.5) is 13.2 Å². The number of carbonyl (C=O) groups is 1. The fraction of sp³-hybridized carbons (Fsp3) is 0.235. The summed E-state index contributed by atoms with van der Waals surface area (Å²) in [5.74, 6) is -1.29. The van der Waals surface area contributed by atoms with E-state index in [1.807, 2.05) is 10.6 Å². The number of halogens is 3. The number of aryl methyl sites for hydroxylation is 1. The van der Waals surface area contributed by atoms with E-state index in [0.717, 1.165) is 18.9 Å². The maximum Gasteiger partial charge on any atom is 0.335 e. The molecule has 10 heteroatoms. The van der Waals surface area contributed by atoms with Crippen molar-refractivity contribution in [3.63, 3.8) is 0 Å². The van der Waals surface area contributed by atoms with Crippen molar-refractivity contribution >= 4 is 17.0 Å². The maximum atomic E-state index is 15.5. The lowest BCUT2D eigenvalue weighted by molar-refractivity contribution is 0.0697. The van der Waals surface area contributed by atoms with E-state index in [0.29, 0.717) is 46.6 Å². The fourth-order valence-electron chi connectivity index (χ4n) is 5.23. The molecule has 0 radical (unpaired) electrons. The van der Waals surface area contributed by atoms with Crippen LogP contribution in [0, 0.1) is 28.4 Å². The summed E-state index contributed by atoms with van der Waals surface area (Å²) < 4.78 is 50.9. The average molecular weight is 597 g/mol. The van der Waals surface area contributed by atoms with Gasteiger partial charge in [-0.2, -0.15) is 5.26 Å². The van der Waals surface area contributed by atoms with Gasteiger partial charge >= 0.3 is 5.97 Å². The molecular weight excluding hydrogens is 569 g/mol. The number of nitrogens with zero attached hydrogens (tertiary/aromatic N) is 4. The van der Waals surface area contributed by atoms with Crippen LogP contribution >= 0.6 is 0 Å². The Labute approximate surface area is 251 Å². The molecule has 0 spiro atoms. The number of imidazole rings is 1. The molecule has 0 aliphatic heterocycles. The molecule has 1 saturated carbocycles. The van der Waals surface area contributed by atoms with E-state index in [1.54, 1.807) is 42.5 Å². The summed E-state index contributed by atoms with van der Waals surface area (Å²) in [6.45, 7) is -0.0532. The van der Waals surface area contributed by atoms with Gasteiger partial charge in [-0.05, 0) is 67.3 Å². The van der Waals surface area contributed by atoms with E-state index in [4.69, 9.17) is 10.00 Å². The summed E-state index contributed by atoms with van der Waals surface area (Å²) in [6.07, 6.45) is 2.37. The Morgan fingerprint density at radius 1 is 1.00 bits per heavy atom. The molecule has 3 aromatic carbocycles. The second-order valence-corrected chi connectivity index (χ2v) is 11.1. The second-order valence-electron chi connectivity index (χ2n) is 11.1. The van der Waals surface area contributed by atoms with Gasteiger partial charge in [-0.25, -0.2) is 23.5 Å². The number of rotatable bonds is 11. The lowest BCUT2D eigenvalue weighted by atomic mass is 10.0. The van der Waals surface area contributed by atoms with Crippen LogP contribution < -0.4 is 4.74 Å². The van der Waals surface area contributed by atoms with Gasteiger partial charge in [-0.3, -0.25) is 4.39 Å². The highest BCUT2D eigenvalue weighted by Gasteiger charge is 2.42. The third kappa shape index (κ3) is 5.99. The van der Waals surface area contributed by atoms with Gasteiger partial charge in [0.15, 0.2) is 0 Å². The first-order valence-corrected chi connectivity index (χ1v) is 14.1. The number of hydrogen-bond acceptors (Lipinski definition) is 5. The van der Waals surface area contributed by atoms with Gasteiger partial charge in [-0.15, -0.1) is 0 Å². The zero-order chi connectivity index (χ0) is 30.8. The highest BCUT2D eigenvalue weighted by atomic mass is 19.1. The van der Waals surface area contributed by atoms with Crippen LogP contribution in [0.25, 0.3) is 22.3 Å². The minimum Gasteiger partial charge on any atom is -0.478 e. The van der Waals surface area contributed by atoms with E-state index in [-0.39, 0.29) is 41.0 Å². The van der Waals surface area contributed by atoms with E-state index in [9.17, 15) is 18.7 Å². The monoisotopic (exact) mass is 596 g/mol. The molecular formula is C34H27F3N4O3. The zero-order valence-electron chi connectivity index (χ0n) is 23.6. The van der Waals surface area contributed by atoms with E-state index < -0.39 is 24.3 Å². The molecule has 2 aromatic heterocycles. The number of ether oxygens (including phenoxy) is 1. The number of benzene rings is 3. The number of aromatic nitrogens is 3. The molecule has 1 fully saturated rings. The molecule has 1 aliphatic rings. The summed E-state index contributed by atoms with van der Waals surface area (Å²) in [5.41, 5.74) is 2.84. The predicted octanol–water partition coefficient (Wildman–Crippen LogP) is 7.26. The first-order chi connectivity index (χ1) is 21.3. The van der Waals surface area contributed by atoms with Gasteiger partial charge in [0.2, 0.25) is 5.88 Å². The van der Waals surface area contributed by atoms with Crippen LogP contribution in [0.2, 0.25) is 0 Å². The summed E-state index contributed by atoms with van der Waals surface area (Å²) in [6, 6.07) is 20.5. The molecule has 44 heavy (non-hydrogen) atoms. The first kappa shape index (κ1) is 28.9. The summed E-state index contributed by atoms with van der Waals surface area (Å²) in [5, 5.41) is 18.4. The molecule has 0 unspecified atom stereocenters. The normalized spacial score (nSPS) is 13.5. The highest BCUT2D eigenvalue weighted by molar-refractivity contribution is 5.92. The zero-order valence-corrected chi connectivity index (χ0v) is 23.6. The molecule has 2 heterocycles. The standard InChI is InChI=1S/C34H27F3N4O3/c35-20-34(10-11-34)12-13-41-30-16-24(33(42)43)8-9-29(30)39-31(41)17-22-6-7-23(15-27(22)37)28-2-1-3-32(40-28)44-19-25-5-4-21(18-38)14-26(25)36/h1-9,14-16H,10-13,17,19-20H2,(H,42,43). The van der Waals surface area contributed by atoms with Gasteiger partial charge in [0.1, 0.15) is 24.1 Å². The Bertz CT molecular complexity index is 1930. The number of alkyl halides is 1. The second kappa shape index (κ2) is 11.8. The van der Waals surface area contributed by atoms with Gasteiger partial charge in [0.05, 0.1) is 40.6 Å². The molecule has 0 bridgehead atoms. The van der Waals surface area contributed by atoms with Crippen molar-refractivity contribution in [2.24, 2.45) is 5.41 Å². The fourth-order valence-corrected chi connectivity index (χ4v) is 5.23. The Hall–Kier alpha value is -5.17. The maximum absolute atomic E-state index is 15.5. The predicted molar refractivity (Wildman–Crippen MR) is 157 cm³/mol. The Morgan fingerprint density at radius 2 is 1.80 bits per heavy atom. The van der Waals surface area contributed by atoms with Crippen LogP contribution in [-0.4, -0.2) is 32.3 Å². The summed E-state index contributed by atoms with van der Waals surface area (Å²) in [7, 11) is 0. The molecule has 1 N–H and O–H groups in total. The molecule has 7 nitrogen and oxygen atoms in total. The number of aromatic carboxylic acids is 1. The topological polar surface area (TPSA) is 101 Å². The number of carboxylic acid groups (broad SMARTS) is 1. The number of carboxylic acids is 1. The number of hydrogen-bond donors (Lipinski definition) is 1. The lowest BCUT2D eigenvalue weighted by Gasteiger charge is -2.14. The average Bonchev–Trinajstić information content (AvgIpc) is 3.74. The van der Waals surface area contributed by atoms with E-state index >= 15 is 4.39 Å².